The molecule has 2 N–H and O–H groups in total. The molecular formula is C13H15F2N3O2. The number of hydrogen-bond acceptors (Lipinski definition) is 5. The first-order valence-electron chi connectivity index (χ1n) is 6.10. The Kier molecular flexibility index (Phi) is 4.10. The van der Waals surface area contributed by atoms with E-state index in [0.717, 1.165) is 12.1 Å². The van der Waals surface area contributed by atoms with E-state index in [4.69, 9.17) is 15.0 Å². The van der Waals surface area contributed by atoms with Crippen molar-refractivity contribution in [2.24, 2.45) is 5.73 Å². The zero-order valence-corrected chi connectivity index (χ0v) is 11.2. The topological polar surface area (TPSA) is 74.2 Å². The Labute approximate surface area is 114 Å². The van der Waals surface area contributed by atoms with E-state index in [0.29, 0.717) is 6.61 Å². The van der Waals surface area contributed by atoms with Gasteiger partial charge in [0.2, 0.25) is 0 Å². The number of benzene rings is 1. The lowest BCUT2D eigenvalue weighted by molar-refractivity contribution is 0.0962. The number of ether oxygens (including phenoxy) is 1. The van der Waals surface area contributed by atoms with Crippen molar-refractivity contribution in [1.82, 2.24) is 10.1 Å². The highest BCUT2D eigenvalue weighted by atomic mass is 19.1. The SMILES string of the molecule is CCOCC(C)(N)c1noc(-c2ccc(F)cc2F)n1. The fourth-order valence-electron chi connectivity index (χ4n) is 1.61. The van der Waals surface area contributed by atoms with Crippen LogP contribution in [0.4, 0.5) is 8.78 Å². The Hall–Kier alpha value is -1.86. The molecular weight excluding hydrogens is 268 g/mol. The first-order chi connectivity index (χ1) is 9.44. The number of halogens is 2. The van der Waals surface area contributed by atoms with Gasteiger partial charge in [-0.2, -0.15) is 4.98 Å². The van der Waals surface area contributed by atoms with E-state index in [9.17, 15) is 8.78 Å². The number of nitrogens with zero attached hydrogens (tertiary/aromatic N) is 2. The first-order valence-corrected chi connectivity index (χ1v) is 6.10. The van der Waals surface area contributed by atoms with Gasteiger partial charge in [0.25, 0.3) is 5.89 Å². The van der Waals surface area contributed by atoms with Crippen LogP contribution in [0.2, 0.25) is 0 Å². The summed E-state index contributed by atoms with van der Waals surface area (Å²) in [5.41, 5.74) is 5.09. The monoisotopic (exact) mass is 283 g/mol. The van der Waals surface area contributed by atoms with Gasteiger partial charge in [-0.05, 0) is 26.0 Å². The summed E-state index contributed by atoms with van der Waals surface area (Å²) in [4.78, 5) is 4.05. The van der Waals surface area contributed by atoms with E-state index in [-0.39, 0.29) is 23.9 Å². The van der Waals surface area contributed by atoms with Crippen LogP contribution in [-0.2, 0) is 10.3 Å². The molecule has 7 heteroatoms. The molecule has 1 heterocycles. The molecule has 0 aliphatic heterocycles. The predicted octanol–water partition coefficient (Wildman–Crippen LogP) is 2.23. The maximum Gasteiger partial charge on any atom is 0.260 e. The molecule has 1 unspecified atom stereocenters. The molecule has 1 aromatic heterocycles. The summed E-state index contributed by atoms with van der Waals surface area (Å²) in [6, 6.07) is 3.10. The highest BCUT2D eigenvalue weighted by molar-refractivity contribution is 5.53. The molecule has 1 aromatic carbocycles. The van der Waals surface area contributed by atoms with E-state index >= 15 is 0 Å². The Morgan fingerprint density at radius 2 is 2.15 bits per heavy atom. The lowest BCUT2D eigenvalue weighted by atomic mass is 10.1. The molecule has 0 amide bonds. The Morgan fingerprint density at radius 3 is 2.80 bits per heavy atom. The largest absolute Gasteiger partial charge is 0.379 e. The highest BCUT2D eigenvalue weighted by Gasteiger charge is 2.28. The van der Waals surface area contributed by atoms with Gasteiger partial charge in [0.15, 0.2) is 5.82 Å². The second-order valence-electron chi connectivity index (χ2n) is 4.60. The Bertz CT molecular complexity index is 599. The average Bonchev–Trinajstić information content (AvgIpc) is 2.86. The maximum atomic E-state index is 13.6. The predicted molar refractivity (Wildman–Crippen MR) is 67.7 cm³/mol. The van der Waals surface area contributed by atoms with Gasteiger partial charge in [-0.15, -0.1) is 0 Å². The van der Waals surface area contributed by atoms with Crippen molar-refractivity contribution in [3.05, 3.63) is 35.7 Å². The van der Waals surface area contributed by atoms with Gasteiger partial charge in [0, 0.05) is 12.7 Å². The van der Waals surface area contributed by atoms with Crippen LogP contribution in [-0.4, -0.2) is 23.4 Å². The van der Waals surface area contributed by atoms with E-state index in [2.05, 4.69) is 10.1 Å². The fourth-order valence-corrected chi connectivity index (χ4v) is 1.61. The van der Waals surface area contributed by atoms with Gasteiger partial charge in [-0.3, -0.25) is 0 Å². The van der Waals surface area contributed by atoms with Crippen molar-refractivity contribution in [1.29, 1.82) is 0 Å². The van der Waals surface area contributed by atoms with Crippen LogP contribution in [0.5, 0.6) is 0 Å². The fraction of sp³-hybridized carbons (Fsp3) is 0.385. The minimum absolute atomic E-state index is 0.0253. The molecule has 1 atom stereocenters. The molecule has 0 aliphatic carbocycles. The molecule has 108 valence electrons. The molecule has 0 saturated heterocycles. The molecule has 2 rings (SSSR count). The van der Waals surface area contributed by atoms with E-state index in [1.165, 1.54) is 6.07 Å². The summed E-state index contributed by atoms with van der Waals surface area (Å²) in [6.45, 7) is 4.22. The van der Waals surface area contributed by atoms with Crippen molar-refractivity contribution in [2.45, 2.75) is 19.4 Å². The maximum absolute atomic E-state index is 13.6. The minimum Gasteiger partial charge on any atom is -0.379 e. The summed E-state index contributed by atoms with van der Waals surface area (Å²) < 4.78 is 36.7. The molecule has 2 aromatic rings. The van der Waals surface area contributed by atoms with Crippen LogP contribution in [0, 0.1) is 11.6 Å². The van der Waals surface area contributed by atoms with Crippen LogP contribution in [0.15, 0.2) is 22.7 Å². The minimum atomic E-state index is -0.950. The van der Waals surface area contributed by atoms with Crippen molar-refractivity contribution in [3.8, 4) is 11.5 Å². The van der Waals surface area contributed by atoms with Gasteiger partial charge >= 0.3 is 0 Å². The third kappa shape index (κ3) is 3.00. The molecule has 0 fully saturated rings. The van der Waals surface area contributed by atoms with Gasteiger partial charge in [-0.25, -0.2) is 8.78 Å². The van der Waals surface area contributed by atoms with Crippen LogP contribution in [0.25, 0.3) is 11.5 Å². The van der Waals surface area contributed by atoms with Crippen LogP contribution < -0.4 is 5.73 Å². The van der Waals surface area contributed by atoms with Crippen LogP contribution >= 0.6 is 0 Å². The zero-order valence-electron chi connectivity index (χ0n) is 11.2. The van der Waals surface area contributed by atoms with Crippen LogP contribution in [0.1, 0.15) is 19.7 Å². The zero-order chi connectivity index (χ0) is 14.8. The lowest BCUT2D eigenvalue weighted by Gasteiger charge is -2.19. The van der Waals surface area contributed by atoms with E-state index < -0.39 is 17.2 Å². The number of hydrogen-bond donors (Lipinski definition) is 1. The molecule has 0 aliphatic rings. The van der Waals surface area contributed by atoms with Crippen LogP contribution in [0.3, 0.4) is 0 Å². The molecule has 0 spiro atoms. The number of nitrogens with two attached hydrogens (primary N) is 1. The van der Waals surface area contributed by atoms with Crippen molar-refractivity contribution in [3.63, 3.8) is 0 Å². The molecule has 0 saturated carbocycles. The highest BCUT2D eigenvalue weighted by Crippen LogP contribution is 2.24. The second-order valence-corrected chi connectivity index (χ2v) is 4.60. The molecule has 20 heavy (non-hydrogen) atoms. The van der Waals surface area contributed by atoms with E-state index in [1.54, 1.807) is 6.92 Å². The molecule has 0 radical (unpaired) electrons. The van der Waals surface area contributed by atoms with Gasteiger partial charge in [0.05, 0.1) is 12.2 Å². The summed E-state index contributed by atoms with van der Waals surface area (Å²) in [6.07, 6.45) is 0. The quantitative estimate of drug-likeness (QED) is 0.910. The Morgan fingerprint density at radius 1 is 1.40 bits per heavy atom. The lowest BCUT2D eigenvalue weighted by Crippen LogP contribution is -2.39. The summed E-state index contributed by atoms with van der Waals surface area (Å²) in [5, 5.41) is 3.73. The molecule has 5 nitrogen and oxygen atoms in total. The normalized spacial score (nSPS) is 14.2. The van der Waals surface area contributed by atoms with Gasteiger partial charge in [0.1, 0.15) is 17.2 Å². The van der Waals surface area contributed by atoms with Gasteiger partial charge in [-0.1, -0.05) is 5.16 Å². The second kappa shape index (κ2) is 5.64. The summed E-state index contributed by atoms with van der Waals surface area (Å²) in [7, 11) is 0. The smallest absolute Gasteiger partial charge is 0.260 e. The standard InChI is InChI=1S/C13H15F2N3O2/c1-3-19-7-13(2,16)12-17-11(20-18-12)9-5-4-8(14)6-10(9)15/h4-6H,3,7,16H2,1-2H3. The molecule has 0 bridgehead atoms. The van der Waals surface area contributed by atoms with Crippen molar-refractivity contribution >= 4 is 0 Å². The third-order valence-electron chi connectivity index (χ3n) is 2.70. The summed E-state index contributed by atoms with van der Waals surface area (Å²) >= 11 is 0. The van der Waals surface area contributed by atoms with Gasteiger partial charge < -0.3 is 15.0 Å². The average molecular weight is 283 g/mol. The van der Waals surface area contributed by atoms with Crippen molar-refractivity contribution < 1.29 is 18.0 Å². The number of aromatic nitrogens is 2. The van der Waals surface area contributed by atoms with E-state index in [1.807, 2.05) is 6.92 Å². The Balaban J connectivity index is 2.28. The third-order valence-corrected chi connectivity index (χ3v) is 2.70. The summed E-state index contributed by atoms with van der Waals surface area (Å²) in [5.74, 6) is -1.30. The van der Waals surface area contributed by atoms with Crippen molar-refractivity contribution in [2.75, 3.05) is 13.2 Å². The first kappa shape index (κ1) is 14.5. The number of rotatable bonds is 5.